The van der Waals surface area contributed by atoms with Gasteiger partial charge in [-0.1, -0.05) is 35.5 Å². The average molecular weight is 363 g/mol. The Morgan fingerprint density at radius 1 is 1.07 bits per heavy atom. The molecular formula is C20H17N3O4. The molecule has 1 fully saturated rings. The van der Waals surface area contributed by atoms with Crippen LogP contribution in [0.3, 0.4) is 0 Å². The Morgan fingerprint density at radius 2 is 1.93 bits per heavy atom. The first-order chi connectivity index (χ1) is 13.3. The van der Waals surface area contributed by atoms with E-state index in [0.29, 0.717) is 35.3 Å². The molecule has 0 bridgehead atoms. The van der Waals surface area contributed by atoms with E-state index in [1.807, 2.05) is 30.3 Å². The van der Waals surface area contributed by atoms with Crippen molar-refractivity contribution in [2.24, 2.45) is 0 Å². The maximum absolute atomic E-state index is 13.0. The number of likely N-dealkylation sites (tertiary alicyclic amines) is 1. The Bertz CT molecular complexity index is 986. The Hall–Kier alpha value is -3.35. The van der Waals surface area contributed by atoms with Crippen LogP contribution in [0.1, 0.15) is 35.1 Å². The molecule has 0 radical (unpaired) electrons. The predicted octanol–water partition coefficient (Wildman–Crippen LogP) is 3.44. The van der Waals surface area contributed by atoms with Gasteiger partial charge in [-0.3, -0.25) is 4.79 Å². The maximum atomic E-state index is 13.0. The third-order valence-corrected chi connectivity index (χ3v) is 4.89. The summed E-state index contributed by atoms with van der Waals surface area (Å²) in [7, 11) is 0. The summed E-state index contributed by atoms with van der Waals surface area (Å²) < 4.78 is 16.2. The number of fused-ring (bicyclic) bond motifs is 1. The average Bonchev–Trinajstić information content (AvgIpc) is 3.47. The van der Waals surface area contributed by atoms with Crippen molar-refractivity contribution in [3.63, 3.8) is 0 Å². The van der Waals surface area contributed by atoms with Crippen molar-refractivity contribution in [2.45, 2.75) is 18.9 Å². The van der Waals surface area contributed by atoms with E-state index in [-0.39, 0.29) is 18.7 Å². The molecule has 2 aliphatic heterocycles. The molecule has 0 spiro atoms. The van der Waals surface area contributed by atoms with Crippen LogP contribution in [0.4, 0.5) is 0 Å². The molecule has 5 rings (SSSR count). The fourth-order valence-electron chi connectivity index (χ4n) is 3.54. The van der Waals surface area contributed by atoms with Gasteiger partial charge in [0.15, 0.2) is 11.5 Å². The number of carbonyl (C=O) groups is 1. The van der Waals surface area contributed by atoms with Crippen LogP contribution < -0.4 is 9.47 Å². The van der Waals surface area contributed by atoms with Crippen molar-refractivity contribution in [3.05, 3.63) is 60.0 Å². The molecule has 1 aromatic heterocycles. The second-order valence-corrected chi connectivity index (χ2v) is 6.55. The van der Waals surface area contributed by atoms with Crippen molar-refractivity contribution in [1.82, 2.24) is 15.0 Å². The zero-order valence-corrected chi connectivity index (χ0v) is 14.5. The minimum Gasteiger partial charge on any atom is -0.454 e. The number of hydrogen-bond donors (Lipinski definition) is 0. The number of amides is 1. The summed E-state index contributed by atoms with van der Waals surface area (Å²) in [4.78, 5) is 19.4. The smallest absolute Gasteiger partial charge is 0.254 e. The van der Waals surface area contributed by atoms with Crippen LogP contribution >= 0.6 is 0 Å². The van der Waals surface area contributed by atoms with E-state index in [2.05, 4.69) is 10.1 Å². The Kier molecular flexibility index (Phi) is 3.78. The van der Waals surface area contributed by atoms with Crippen LogP contribution in [0.15, 0.2) is 53.1 Å². The normalized spacial score (nSPS) is 18.1. The lowest BCUT2D eigenvalue weighted by Gasteiger charge is -2.22. The number of rotatable bonds is 3. The molecule has 3 heterocycles. The van der Waals surface area contributed by atoms with Gasteiger partial charge in [0, 0.05) is 17.7 Å². The third-order valence-electron chi connectivity index (χ3n) is 4.89. The van der Waals surface area contributed by atoms with Crippen LogP contribution in [-0.4, -0.2) is 34.3 Å². The third kappa shape index (κ3) is 2.81. The van der Waals surface area contributed by atoms with Crippen molar-refractivity contribution in [2.75, 3.05) is 13.3 Å². The summed E-state index contributed by atoms with van der Waals surface area (Å²) in [6, 6.07) is 14.7. The lowest BCUT2D eigenvalue weighted by atomic mass is 10.1. The largest absolute Gasteiger partial charge is 0.454 e. The number of aromatic nitrogens is 2. The van der Waals surface area contributed by atoms with Crippen LogP contribution in [0, 0.1) is 0 Å². The minimum absolute atomic E-state index is 0.0738. The summed E-state index contributed by atoms with van der Waals surface area (Å²) in [5, 5.41) is 4.08. The number of benzene rings is 2. The zero-order chi connectivity index (χ0) is 18.2. The first-order valence-corrected chi connectivity index (χ1v) is 8.89. The van der Waals surface area contributed by atoms with E-state index in [9.17, 15) is 4.79 Å². The Morgan fingerprint density at radius 3 is 2.81 bits per heavy atom. The van der Waals surface area contributed by atoms with E-state index in [0.717, 1.165) is 18.4 Å². The molecule has 7 nitrogen and oxygen atoms in total. The lowest BCUT2D eigenvalue weighted by molar-refractivity contribution is 0.0709. The molecule has 1 atom stereocenters. The molecule has 0 N–H and O–H groups in total. The molecule has 7 heteroatoms. The van der Waals surface area contributed by atoms with E-state index in [1.54, 1.807) is 23.1 Å². The van der Waals surface area contributed by atoms with Crippen molar-refractivity contribution < 1.29 is 18.8 Å². The standard InChI is InChI=1S/C20H17N3O4/c24-20(14-8-9-16-17(11-14)26-12-25-16)23-10-4-7-15(23)19-21-18(22-27-19)13-5-2-1-3-6-13/h1-3,5-6,8-9,11,15H,4,7,10,12H2/t15-/m0/s1. The first-order valence-electron chi connectivity index (χ1n) is 8.89. The molecule has 1 amide bonds. The predicted molar refractivity (Wildman–Crippen MR) is 95.3 cm³/mol. The molecule has 2 aliphatic rings. The molecule has 0 aliphatic carbocycles. The molecule has 0 saturated carbocycles. The zero-order valence-electron chi connectivity index (χ0n) is 14.5. The molecule has 0 unspecified atom stereocenters. The SMILES string of the molecule is O=C(c1ccc2c(c1)OCO2)N1CCC[C@H]1c1nc(-c2ccccc2)no1. The first kappa shape index (κ1) is 15.9. The topological polar surface area (TPSA) is 77.7 Å². The molecule has 136 valence electrons. The molecule has 2 aromatic carbocycles. The fraction of sp³-hybridized carbons (Fsp3) is 0.250. The lowest BCUT2D eigenvalue weighted by Crippen LogP contribution is -2.30. The number of carbonyl (C=O) groups excluding carboxylic acids is 1. The molecule has 1 saturated heterocycles. The summed E-state index contributed by atoms with van der Waals surface area (Å²) in [5.74, 6) is 2.19. The quantitative estimate of drug-likeness (QED) is 0.709. The summed E-state index contributed by atoms with van der Waals surface area (Å²) in [6.07, 6.45) is 1.69. The van der Waals surface area contributed by atoms with Crippen molar-refractivity contribution in [3.8, 4) is 22.9 Å². The fourth-order valence-corrected chi connectivity index (χ4v) is 3.54. The van der Waals surface area contributed by atoms with E-state index in [4.69, 9.17) is 14.0 Å². The number of nitrogens with zero attached hydrogens (tertiary/aromatic N) is 3. The van der Waals surface area contributed by atoms with Gasteiger partial charge in [0.05, 0.1) is 0 Å². The molecule has 27 heavy (non-hydrogen) atoms. The van der Waals surface area contributed by atoms with Crippen LogP contribution in [0.2, 0.25) is 0 Å². The maximum Gasteiger partial charge on any atom is 0.254 e. The van der Waals surface area contributed by atoms with Gasteiger partial charge < -0.3 is 18.9 Å². The second-order valence-electron chi connectivity index (χ2n) is 6.55. The highest BCUT2D eigenvalue weighted by Crippen LogP contribution is 2.36. The Labute approximate surface area is 155 Å². The highest BCUT2D eigenvalue weighted by atomic mass is 16.7. The summed E-state index contributed by atoms with van der Waals surface area (Å²) in [6.45, 7) is 0.838. The van der Waals surface area contributed by atoms with E-state index < -0.39 is 0 Å². The number of ether oxygens (including phenoxy) is 2. The van der Waals surface area contributed by atoms with Gasteiger partial charge in [-0.15, -0.1) is 0 Å². The molecule has 3 aromatic rings. The molecular weight excluding hydrogens is 346 g/mol. The van der Waals surface area contributed by atoms with Gasteiger partial charge in [-0.25, -0.2) is 0 Å². The second kappa shape index (κ2) is 6.42. The Balaban J connectivity index is 1.41. The summed E-state index contributed by atoms with van der Waals surface area (Å²) >= 11 is 0. The minimum atomic E-state index is -0.215. The highest BCUT2D eigenvalue weighted by Gasteiger charge is 2.35. The van der Waals surface area contributed by atoms with Crippen molar-refractivity contribution >= 4 is 5.91 Å². The number of hydrogen-bond acceptors (Lipinski definition) is 6. The van der Waals surface area contributed by atoms with Gasteiger partial charge in [0.25, 0.3) is 5.91 Å². The van der Waals surface area contributed by atoms with Gasteiger partial charge in [0.2, 0.25) is 18.5 Å². The van der Waals surface area contributed by atoms with Crippen LogP contribution in [-0.2, 0) is 0 Å². The van der Waals surface area contributed by atoms with Crippen molar-refractivity contribution in [1.29, 1.82) is 0 Å². The van der Waals surface area contributed by atoms with Gasteiger partial charge in [-0.2, -0.15) is 4.98 Å². The van der Waals surface area contributed by atoms with Crippen LogP contribution in [0.25, 0.3) is 11.4 Å². The summed E-state index contributed by atoms with van der Waals surface area (Å²) in [5.41, 5.74) is 1.45. The van der Waals surface area contributed by atoms with E-state index >= 15 is 0 Å². The van der Waals surface area contributed by atoms with E-state index in [1.165, 1.54) is 0 Å². The van der Waals surface area contributed by atoms with Gasteiger partial charge in [-0.05, 0) is 31.0 Å². The highest BCUT2D eigenvalue weighted by molar-refractivity contribution is 5.95. The van der Waals surface area contributed by atoms with Gasteiger partial charge in [0.1, 0.15) is 6.04 Å². The monoisotopic (exact) mass is 363 g/mol. The van der Waals surface area contributed by atoms with Crippen LogP contribution in [0.5, 0.6) is 11.5 Å². The van der Waals surface area contributed by atoms with Gasteiger partial charge >= 0.3 is 0 Å².